The molecule has 3 aliphatic rings. The number of amides is 1. The molecular formula is C24H21FN4O4. The average Bonchev–Trinajstić information content (AvgIpc) is 3.25. The Morgan fingerprint density at radius 2 is 1.94 bits per heavy atom. The number of hydrogen-bond donors (Lipinski definition) is 1. The standard InChI is InChI=1S/C24H21FN4O4/c1-13-15-9-22(28-14-7-21-24(27-11-14)32-6-5-31-21)26-12-17(15)16-8-18(25)19(10-20(16)33-13)29-4-2-3-23(29)30/h7-13H,2-6H2,1H3,(H,26,28). The highest BCUT2D eigenvalue weighted by Gasteiger charge is 2.30. The minimum atomic E-state index is -0.447. The second-order valence-electron chi connectivity index (χ2n) is 8.21. The first kappa shape index (κ1) is 19.8. The Kier molecular flexibility index (Phi) is 4.56. The Bertz CT molecular complexity index is 1280. The van der Waals surface area contributed by atoms with Crippen LogP contribution in [0.2, 0.25) is 0 Å². The lowest BCUT2D eigenvalue weighted by atomic mass is 9.94. The van der Waals surface area contributed by atoms with Crippen molar-refractivity contribution in [3.63, 3.8) is 0 Å². The van der Waals surface area contributed by atoms with Crippen LogP contribution in [0.5, 0.6) is 17.4 Å². The van der Waals surface area contributed by atoms with E-state index in [9.17, 15) is 9.18 Å². The number of ether oxygens (including phenoxy) is 3. The fraction of sp³-hybridized carbons (Fsp3) is 0.292. The maximum absolute atomic E-state index is 15.0. The highest BCUT2D eigenvalue weighted by Crippen LogP contribution is 2.45. The Balaban J connectivity index is 1.32. The van der Waals surface area contributed by atoms with Crippen molar-refractivity contribution >= 4 is 23.1 Å². The average molecular weight is 448 g/mol. The van der Waals surface area contributed by atoms with Crippen LogP contribution < -0.4 is 24.4 Å². The lowest BCUT2D eigenvalue weighted by Crippen LogP contribution is -2.25. The second-order valence-corrected chi connectivity index (χ2v) is 8.21. The highest BCUT2D eigenvalue weighted by molar-refractivity contribution is 5.96. The summed E-state index contributed by atoms with van der Waals surface area (Å²) in [5.74, 6) is 1.69. The minimum Gasteiger partial charge on any atom is -0.485 e. The highest BCUT2D eigenvalue weighted by atomic mass is 19.1. The number of carbonyl (C=O) groups excluding carboxylic acids is 1. The summed E-state index contributed by atoms with van der Waals surface area (Å²) in [4.78, 5) is 22.4. The number of nitrogens with one attached hydrogen (secondary N) is 1. The van der Waals surface area contributed by atoms with Crippen LogP contribution in [0.15, 0.2) is 36.7 Å². The molecule has 1 N–H and O–H groups in total. The van der Waals surface area contributed by atoms with E-state index in [4.69, 9.17) is 14.2 Å². The zero-order valence-electron chi connectivity index (χ0n) is 17.9. The van der Waals surface area contributed by atoms with Crippen LogP contribution in [0.1, 0.15) is 31.4 Å². The number of hydrogen-bond acceptors (Lipinski definition) is 7. The van der Waals surface area contributed by atoms with Crippen LogP contribution >= 0.6 is 0 Å². The van der Waals surface area contributed by atoms with E-state index in [0.29, 0.717) is 60.6 Å². The number of nitrogens with zero attached hydrogens (tertiary/aromatic N) is 3. The summed E-state index contributed by atoms with van der Waals surface area (Å²) in [5, 5.41) is 3.23. The third kappa shape index (κ3) is 3.40. The summed E-state index contributed by atoms with van der Waals surface area (Å²) in [7, 11) is 0. The number of anilines is 3. The van der Waals surface area contributed by atoms with Crippen molar-refractivity contribution in [3.8, 4) is 28.5 Å². The number of rotatable bonds is 3. The van der Waals surface area contributed by atoms with Gasteiger partial charge in [0.15, 0.2) is 5.75 Å². The first-order chi connectivity index (χ1) is 16.1. The minimum absolute atomic E-state index is 0.0656. The molecule has 0 radical (unpaired) electrons. The summed E-state index contributed by atoms with van der Waals surface area (Å²) < 4.78 is 32.2. The van der Waals surface area contributed by atoms with Gasteiger partial charge in [-0.2, -0.15) is 0 Å². The number of halogens is 1. The summed E-state index contributed by atoms with van der Waals surface area (Å²) in [6, 6.07) is 6.75. The van der Waals surface area contributed by atoms with E-state index in [2.05, 4.69) is 15.3 Å². The predicted octanol–water partition coefficient (Wildman–Crippen LogP) is 4.38. The van der Waals surface area contributed by atoms with Crippen molar-refractivity contribution in [1.29, 1.82) is 0 Å². The molecule has 2 aromatic heterocycles. The van der Waals surface area contributed by atoms with Gasteiger partial charge < -0.3 is 24.4 Å². The molecule has 6 rings (SSSR count). The van der Waals surface area contributed by atoms with Crippen LogP contribution in [-0.2, 0) is 4.79 Å². The molecule has 8 nitrogen and oxygen atoms in total. The number of carbonyl (C=O) groups is 1. The van der Waals surface area contributed by atoms with Crippen molar-refractivity contribution < 1.29 is 23.4 Å². The van der Waals surface area contributed by atoms with Crippen LogP contribution in [0, 0.1) is 5.82 Å². The first-order valence-corrected chi connectivity index (χ1v) is 10.9. The predicted molar refractivity (Wildman–Crippen MR) is 119 cm³/mol. The molecule has 1 atom stereocenters. The lowest BCUT2D eigenvalue weighted by Gasteiger charge is -2.28. The van der Waals surface area contributed by atoms with Crippen molar-refractivity contribution in [1.82, 2.24) is 9.97 Å². The maximum Gasteiger partial charge on any atom is 0.257 e. The van der Waals surface area contributed by atoms with Crippen molar-refractivity contribution in [2.45, 2.75) is 25.9 Å². The third-order valence-corrected chi connectivity index (χ3v) is 6.05. The Labute approximate surface area is 189 Å². The van der Waals surface area contributed by atoms with Gasteiger partial charge in [0.2, 0.25) is 5.91 Å². The van der Waals surface area contributed by atoms with Crippen LogP contribution in [0.4, 0.5) is 21.6 Å². The Morgan fingerprint density at radius 3 is 2.79 bits per heavy atom. The van der Waals surface area contributed by atoms with Crippen molar-refractivity contribution in [2.75, 3.05) is 30.0 Å². The molecule has 33 heavy (non-hydrogen) atoms. The molecule has 5 heterocycles. The van der Waals surface area contributed by atoms with E-state index in [1.54, 1.807) is 18.5 Å². The molecule has 0 bridgehead atoms. The fourth-order valence-corrected chi connectivity index (χ4v) is 4.47. The zero-order chi connectivity index (χ0) is 22.5. The fourth-order valence-electron chi connectivity index (χ4n) is 4.47. The molecule has 1 unspecified atom stereocenters. The van der Waals surface area contributed by atoms with E-state index < -0.39 is 5.82 Å². The SMILES string of the molecule is CC1Oc2cc(N3CCCC3=O)c(F)cc2-c2cnc(Nc3cnc4c(c3)OCCO4)cc21. The summed E-state index contributed by atoms with van der Waals surface area (Å²) in [5.41, 5.74) is 3.28. The van der Waals surface area contributed by atoms with Crippen molar-refractivity contribution in [3.05, 3.63) is 48.0 Å². The zero-order valence-corrected chi connectivity index (χ0v) is 17.9. The van der Waals surface area contributed by atoms with Crippen LogP contribution in [0.3, 0.4) is 0 Å². The molecule has 0 spiro atoms. The van der Waals surface area contributed by atoms with Gasteiger partial charge in [-0.25, -0.2) is 14.4 Å². The van der Waals surface area contributed by atoms with Gasteiger partial charge in [-0.1, -0.05) is 0 Å². The topological polar surface area (TPSA) is 85.8 Å². The molecule has 3 aromatic rings. The summed E-state index contributed by atoms with van der Waals surface area (Å²) >= 11 is 0. The van der Waals surface area contributed by atoms with E-state index in [1.807, 2.05) is 19.1 Å². The molecule has 168 valence electrons. The largest absolute Gasteiger partial charge is 0.485 e. The molecule has 1 amide bonds. The number of pyridine rings is 2. The van der Waals surface area contributed by atoms with Gasteiger partial charge in [-0.15, -0.1) is 0 Å². The molecule has 1 fully saturated rings. The van der Waals surface area contributed by atoms with Gasteiger partial charge in [0.25, 0.3) is 5.88 Å². The lowest BCUT2D eigenvalue weighted by molar-refractivity contribution is -0.117. The van der Waals surface area contributed by atoms with E-state index in [1.165, 1.54) is 11.0 Å². The van der Waals surface area contributed by atoms with E-state index in [0.717, 1.165) is 17.5 Å². The van der Waals surface area contributed by atoms with Crippen molar-refractivity contribution in [2.24, 2.45) is 0 Å². The number of fused-ring (bicyclic) bond motifs is 4. The second kappa shape index (κ2) is 7.61. The number of aromatic nitrogens is 2. The van der Waals surface area contributed by atoms with Gasteiger partial charge in [0, 0.05) is 48.0 Å². The molecule has 9 heteroatoms. The smallest absolute Gasteiger partial charge is 0.257 e. The van der Waals surface area contributed by atoms with Gasteiger partial charge >= 0.3 is 0 Å². The maximum atomic E-state index is 15.0. The summed E-state index contributed by atoms with van der Waals surface area (Å²) in [6.45, 7) is 3.41. The Hall–Kier alpha value is -3.88. The van der Waals surface area contributed by atoms with E-state index >= 15 is 0 Å². The Morgan fingerprint density at radius 1 is 1.06 bits per heavy atom. The molecule has 3 aliphatic heterocycles. The van der Waals surface area contributed by atoms with E-state index in [-0.39, 0.29) is 17.7 Å². The monoisotopic (exact) mass is 448 g/mol. The summed E-state index contributed by atoms with van der Waals surface area (Å²) in [6.07, 6.45) is 4.26. The quantitative estimate of drug-likeness (QED) is 0.637. The van der Waals surface area contributed by atoms with Gasteiger partial charge in [-0.3, -0.25) is 4.79 Å². The first-order valence-electron chi connectivity index (χ1n) is 10.9. The molecule has 1 aromatic carbocycles. The normalized spacial score (nSPS) is 18.4. The van der Waals surface area contributed by atoms with Gasteiger partial charge in [-0.05, 0) is 25.5 Å². The van der Waals surface area contributed by atoms with Crippen LogP contribution in [-0.4, -0.2) is 35.6 Å². The molecular weight excluding hydrogens is 427 g/mol. The molecule has 0 saturated carbocycles. The third-order valence-electron chi connectivity index (χ3n) is 6.05. The van der Waals surface area contributed by atoms with Crippen LogP contribution in [0.25, 0.3) is 11.1 Å². The van der Waals surface area contributed by atoms with Gasteiger partial charge in [0.1, 0.15) is 36.7 Å². The van der Waals surface area contributed by atoms with Gasteiger partial charge in [0.05, 0.1) is 17.6 Å². The molecule has 0 aliphatic carbocycles. The molecule has 1 saturated heterocycles. The number of benzene rings is 1.